The molecule has 0 unspecified atom stereocenters. The van der Waals surface area contributed by atoms with Crippen molar-refractivity contribution in [2.24, 2.45) is 4.40 Å². The lowest BCUT2D eigenvalue weighted by Crippen LogP contribution is -2.31. The second-order valence-electron chi connectivity index (χ2n) is 8.98. The maximum absolute atomic E-state index is 14.1. The number of anilines is 1. The normalized spacial score (nSPS) is 14.5. The van der Waals surface area contributed by atoms with Gasteiger partial charge in [-0.1, -0.05) is 12.1 Å². The van der Waals surface area contributed by atoms with Gasteiger partial charge in [-0.15, -0.1) is 4.40 Å². The molecule has 2 aromatic carbocycles. The molecule has 0 spiro atoms. The Morgan fingerprint density at radius 1 is 1.00 bits per heavy atom. The lowest BCUT2D eigenvalue weighted by Gasteiger charge is -2.21. The molecule has 0 atom stereocenters. The molecule has 0 aliphatic carbocycles. The van der Waals surface area contributed by atoms with Gasteiger partial charge in [0.15, 0.2) is 27.3 Å². The standard InChI is InChI=1S/C25H18F3N3O6S2/c1-38(34,35)12-14-3-6-19-21(10-14)39(36,37)30-24(29-19)22-23(32)16(8-13-2-5-17(27)18(28)9-13)20-7-4-15(26)11-31(20)25(22)33/h2-7,9-11,32H,8,12H2,1H3,(H,29,30). The summed E-state index contributed by atoms with van der Waals surface area (Å²) in [4.78, 5) is 13.0. The highest BCUT2D eigenvalue weighted by atomic mass is 32.2. The van der Waals surface area contributed by atoms with Crippen LogP contribution < -0.4 is 10.9 Å². The number of halogens is 3. The first-order valence-electron chi connectivity index (χ1n) is 11.2. The Labute approximate surface area is 219 Å². The summed E-state index contributed by atoms with van der Waals surface area (Å²) in [6.07, 6.45) is 1.59. The van der Waals surface area contributed by atoms with Gasteiger partial charge in [-0.2, -0.15) is 8.42 Å². The van der Waals surface area contributed by atoms with Crippen LogP contribution in [0.1, 0.15) is 22.3 Å². The minimum Gasteiger partial charge on any atom is -0.507 e. The average molecular weight is 578 g/mol. The molecule has 14 heteroatoms. The topological polar surface area (TPSA) is 134 Å². The number of aromatic nitrogens is 1. The Kier molecular flexibility index (Phi) is 6.26. The van der Waals surface area contributed by atoms with Crippen LogP contribution in [0.2, 0.25) is 0 Å². The zero-order valence-electron chi connectivity index (χ0n) is 19.9. The van der Waals surface area contributed by atoms with E-state index in [1.807, 2.05) is 0 Å². The van der Waals surface area contributed by atoms with Crippen molar-refractivity contribution < 1.29 is 35.1 Å². The minimum absolute atomic E-state index is 0.00759. The molecule has 3 heterocycles. The summed E-state index contributed by atoms with van der Waals surface area (Å²) in [5, 5.41) is 13.9. The van der Waals surface area contributed by atoms with Crippen LogP contribution in [0.25, 0.3) is 5.52 Å². The highest BCUT2D eigenvalue weighted by Gasteiger charge is 2.31. The third-order valence-electron chi connectivity index (χ3n) is 6.00. The van der Waals surface area contributed by atoms with Crippen molar-refractivity contribution in [3.63, 3.8) is 0 Å². The summed E-state index contributed by atoms with van der Waals surface area (Å²) >= 11 is 0. The Balaban J connectivity index is 1.70. The molecule has 1 aliphatic heterocycles. The number of benzene rings is 2. The fraction of sp³-hybridized carbons (Fsp3) is 0.120. The zero-order chi connectivity index (χ0) is 28.3. The van der Waals surface area contributed by atoms with Gasteiger partial charge in [-0.05, 0) is 47.5 Å². The van der Waals surface area contributed by atoms with E-state index in [2.05, 4.69) is 9.71 Å². The largest absolute Gasteiger partial charge is 0.507 e. The average Bonchev–Trinajstić information content (AvgIpc) is 2.83. The SMILES string of the molecule is CS(=O)(=O)Cc1ccc2c(c1)S(=O)(=O)N=C(c1c(O)c(Cc3ccc(F)c(F)c3)c3ccc(F)cn3c1=O)N2. The summed E-state index contributed by atoms with van der Waals surface area (Å²) in [6.45, 7) is 0. The maximum Gasteiger partial charge on any atom is 0.286 e. The third kappa shape index (κ3) is 5.00. The van der Waals surface area contributed by atoms with Crippen molar-refractivity contribution in [1.29, 1.82) is 0 Å². The lowest BCUT2D eigenvalue weighted by molar-refractivity contribution is 0.466. The number of nitrogens with zero attached hydrogens (tertiary/aromatic N) is 2. The Bertz CT molecular complexity index is 2010. The number of nitrogens with one attached hydrogen (secondary N) is 1. The van der Waals surface area contributed by atoms with E-state index >= 15 is 0 Å². The van der Waals surface area contributed by atoms with E-state index in [-0.39, 0.29) is 39.2 Å². The molecule has 0 fully saturated rings. The first-order valence-corrected chi connectivity index (χ1v) is 14.7. The van der Waals surface area contributed by atoms with Crippen molar-refractivity contribution in [3.05, 3.63) is 105 Å². The molecule has 0 saturated carbocycles. The van der Waals surface area contributed by atoms with E-state index in [9.17, 15) is 39.9 Å². The van der Waals surface area contributed by atoms with Crippen LogP contribution in [0.3, 0.4) is 0 Å². The van der Waals surface area contributed by atoms with Gasteiger partial charge in [0, 0.05) is 24.4 Å². The predicted molar refractivity (Wildman–Crippen MR) is 137 cm³/mol. The molecular weight excluding hydrogens is 559 g/mol. The van der Waals surface area contributed by atoms with E-state index in [4.69, 9.17) is 0 Å². The highest BCUT2D eigenvalue weighted by molar-refractivity contribution is 7.90. The molecule has 202 valence electrons. The van der Waals surface area contributed by atoms with E-state index < -0.39 is 65.8 Å². The van der Waals surface area contributed by atoms with Gasteiger partial charge in [0.2, 0.25) is 0 Å². The number of amidine groups is 1. The predicted octanol–water partition coefficient (Wildman–Crippen LogP) is 3.12. The lowest BCUT2D eigenvalue weighted by atomic mass is 10.00. The molecule has 0 radical (unpaired) electrons. The molecule has 1 aliphatic rings. The summed E-state index contributed by atoms with van der Waals surface area (Å²) < 4.78 is 95.3. The van der Waals surface area contributed by atoms with Crippen molar-refractivity contribution in [3.8, 4) is 5.75 Å². The van der Waals surface area contributed by atoms with Gasteiger partial charge in [0.25, 0.3) is 15.6 Å². The van der Waals surface area contributed by atoms with E-state index in [1.54, 1.807) is 0 Å². The molecule has 2 aromatic heterocycles. The summed E-state index contributed by atoms with van der Waals surface area (Å²) in [5.74, 6) is -4.73. The van der Waals surface area contributed by atoms with E-state index in [0.29, 0.717) is 0 Å². The Morgan fingerprint density at radius 3 is 2.41 bits per heavy atom. The van der Waals surface area contributed by atoms with Gasteiger partial charge in [0.1, 0.15) is 22.0 Å². The molecule has 5 rings (SSSR count). The molecule has 9 nitrogen and oxygen atoms in total. The number of hydrogen-bond donors (Lipinski definition) is 2. The van der Waals surface area contributed by atoms with Gasteiger partial charge in [0.05, 0.1) is 17.0 Å². The van der Waals surface area contributed by atoms with Crippen LogP contribution in [-0.2, 0) is 32.0 Å². The number of hydrogen-bond acceptors (Lipinski definition) is 7. The highest BCUT2D eigenvalue weighted by Crippen LogP contribution is 2.33. The van der Waals surface area contributed by atoms with Crippen molar-refractivity contribution in [1.82, 2.24) is 4.40 Å². The van der Waals surface area contributed by atoms with Crippen LogP contribution in [0.4, 0.5) is 18.9 Å². The smallest absolute Gasteiger partial charge is 0.286 e. The van der Waals surface area contributed by atoms with Crippen LogP contribution in [-0.4, -0.2) is 38.4 Å². The summed E-state index contributed by atoms with van der Waals surface area (Å²) in [7, 11) is -7.96. The Morgan fingerprint density at radius 2 is 1.72 bits per heavy atom. The molecule has 2 N–H and O–H groups in total. The second-order valence-corrected chi connectivity index (χ2v) is 12.7. The van der Waals surface area contributed by atoms with Crippen molar-refractivity contribution in [2.75, 3.05) is 11.6 Å². The number of sulfone groups is 1. The van der Waals surface area contributed by atoms with E-state index in [0.717, 1.165) is 41.1 Å². The van der Waals surface area contributed by atoms with Gasteiger partial charge in [-0.25, -0.2) is 21.6 Å². The monoisotopic (exact) mass is 577 g/mol. The van der Waals surface area contributed by atoms with Crippen molar-refractivity contribution in [2.45, 2.75) is 17.1 Å². The molecule has 39 heavy (non-hydrogen) atoms. The number of aromatic hydroxyl groups is 1. The second kappa shape index (κ2) is 9.24. The summed E-state index contributed by atoms with van der Waals surface area (Å²) in [6, 6.07) is 9.08. The van der Waals surface area contributed by atoms with Crippen LogP contribution in [0.5, 0.6) is 5.75 Å². The van der Waals surface area contributed by atoms with E-state index in [1.165, 1.54) is 24.3 Å². The fourth-order valence-electron chi connectivity index (χ4n) is 4.33. The third-order valence-corrected chi connectivity index (χ3v) is 8.17. The van der Waals surface area contributed by atoms with Crippen LogP contribution in [0.15, 0.2) is 68.8 Å². The minimum atomic E-state index is -4.49. The Hall–Kier alpha value is -4.17. The van der Waals surface area contributed by atoms with Crippen molar-refractivity contribution >= 4 is 36.9 Å². The number of sulfonamides is 1. The molecule has 0 bridgehead atoms. The van der Waals surface area contributed by atoms with Gasteiger partial charge >= 0.3 is 0 Å². The maximum atomic E-state index is 14.1. The number of fused-ring (bicyclic) bond motifs is 2. The molecule has 0 saturated heterocycles. The fourth-order valence-corrected chi connectivity index (χ4v) is 6.29. The van der Waals surface area contributed by atoms with Crippen LogP contribution >= 0.6 is 0 Å². The molecule has 0 amide bonds. The molecule has 4 aromatic rings. The van der Waals surface area contributed by atoms with Crippen LogP contribution in [0, 0.1) is 17.5 Å². The first-order chi connectivity index (χ1) is 18.2. The molecular formula is C25H18F3N3O6S2. The van der Waals surface area contributed by atoms with Gasteiger partial charge in [-0.3, -0.25) is 9.20 Å². The zero-order valence-corrected chi connectivity index (χ0v) is 21.6. The quantitative estimate of drug-likeness (QED) is 0.372. The number of pyridine rings is 2. The van der Waals surface area contributed by atoms with Gasteiger partial charge < -0.3 is 10.4 Å². The number of rotatable bonds is 5. The first kappa shape index (κ1) is 26.4. The summed E-state index contributed by atoms with van der Waals surface area (Å²) in [5.41, 5.74) is -1.22.